The lowest BCUT2D eigenvalue weighted by molar-refractivity contribution is -0.181. The Bertz CT molecular complexity index is 1200. The highest BCUT2D eigenvalue weighted by Crippen LogP contribution is 2.34. The highest BCUT2D eigenvalue weighted by molar-refractivity contribution is 6.31. The van der Waals surface area contributed by atoms with E-state index in [1.54, 1.807) is 12.1 Å². The molecule has 3 aromatic rings. The molecular weight excluding hydrogens is 487 g/mol. The van der Waals surface area contributed by atoms with Gasteiger partial charge in [0, 0.05) is 23.9 Å². The van der Waals surface area contributed by atoms with E-state index in [-0.39, 0.29) is 24.9 Å². The van der Waals surface area contributed by atoms with E-state index in [9.17, 15) is 19.7 Å². The minimum absolute atomic E-state index is 0.157. The third-order valence-corrected chi connectivity index (χ3v) is 7.08. The standard InChI is InChI=1S/C28H28ClFO6/c29-23-8-4-17(26-13-24(32)28(33)27(14-31)36-26)10-19(23)9-16-1-6-21(7-2-16)34-15-22-11-18-3-5-20(30)12-25(18)35-22/h1-8,10,12,22,24,26-28,31-33H,9,11,13-15H2/t22?,24?,26?,27?,28-/m0/s1. The van der Waals surface area contributed by atoms with Gasteiger partial charge in [0.2, 0.25) is 0 Å². The van der Waals surface area contributed by atoms with Crippen LogP contribution in [-0.2, 0) is 17.6 Å². The molecule has 0 aliphatic carbocycles. The molecule has 5 rings (SSSR count). The maximum Gasteiger partial charge on any atom is 0.137 e. The minimum atomic E-state index is -1.11. The third-order valence-electron chi connectivity index (χ3n) is 6.72. The zero-order chi connectivity index (χ0) is 25.2. The van der Waals surface area contributed by atoms with E-state index < -0.39 is 24.4 Å². The largest absolute Gasteiger partial charge is 0.490 e. The van der Waals surface area contributed by atoms with Crippen molar-refractivity contribution in [2.24, 2.45) is 0 Å². The summed E-state index contributed by atoms with van der Waals surface area (Å²) in [5.41, 5.74) is 3.75. The summed E-state index contributed by atoms with van der Waals surface area (Å²) in [4.78, 5) is 0. The summed E-state index contributed by atoms with van der Waals surface area (Å²) >= 11 is 6.46. The first-order valence-corrected chi connectivity index (χ1v) is 12.3. The van der Waals surface area contributed by atoms with Crippen LogP contribution in [0, 0.1) is 5.82 Å². The number of aliphatic hydroxyl groups is 3. The number of benzene rings is 3. The predicted molar refractivity (Wildman–Crippen MR) is 132 cm³/mol. The fourth-order valence-electron chi connectivity index (χ4n) is 4.73. The molecule has 8 heteroatoms. The second-order valence-electron chi connectivity index (χ2n) is 9.32. The van der Waals surface area contributed by atoms with Gasteiger partial charge in [-0.25, -0.2) is 4.39 Å². The van der Waals surface area contributed by atoms with Gasteiger partial charge in [0.25, 0.3) is 0 Å². The van der Waals surface area contributed by atoms with E-state index in [1.807, 2.05) is 36.4 Å². The molecule has 0 amide bonds. The van der Waals surface area contributed by atoms with Crippen LogP contribution in [0.25, 0.3) is 0 Å². The molecule has 5 atom stereocenters. The quantitative estimate of drug-likeness (QED) is 0.442. The van der Waals surface area contributed by atoms with Crippen LogP contribution in [0.15, 0.2) is 60.7 Å². The molecule has 2 aliphatic heterocycles. The molecule has 0 bridgehead atoms. The second-order valence-corrected chi connectivity index (χ2v) is 9.73. The molecule has 190 valence electrons. The van der Waals surface area contributed by atoms with Gasteiger partial charge in [-0.15, -0.1) is 0 Å². The Kier molecular flexibility index (Phi) is 7.46. The van der Waals surface area contributed by atoms with Crippen LogP contribution in [0.2, 0.25) is 5.02 Å². The number of hydrogen-bond donors (Lipinski definition) is 3. The summed E-state index contributed by atoms with van der Waals surface area (Å²) in [7, 11) is 0. The van der Waals surface area contributed by atoms with Gasteiger partial charge in [-0.1, -0.05) is 41.9 Å². The Morgan fingerprint density at radius 3 is 2.61 bits per heavy atom. The van der Waals surface area contributed by atoms with Crippen LogP contribution >= 0.6 is 11.6 Å². The molecule has 4 unspecified atom stereocenters. The highest BCUT2D eigenvalue weighted by atomic mass is 35.5. The van der Waals surface area contributed by atoms with Crippen molar-refractivity contribution in [3.63, 3.8) is 0 Å². The lowest BCUT2D eigenvalue weighted by Crippen LogP contribution is -2.47. The van der Waals surface area contributed by atoms with Gasteiger partial charge in [-0.05, 0) is 52.9 Å². The van der Waals surface area contributed by atoms with E-state index in [4.69, 9.17) is 25.8 Å². The maximum atomic E-state index is 13.4. The van der Waals surface area contributed by atoms with Crippen molar-refractivity contribution in [1.29, 1.82) is 0 Å². The molecule has 2 heterocycles. The highest BCUT2D eigenvalue weighted by Gasteiger charge is 2.37. The van der Waals surface area contributed by atoms with E-state index in [2.05, 4.69) is 0 Å². The van der Waals surface area contributed by atoms with Crippen LogP contribution in [0.1, 0.15) is 34.8 Å². The molecule has 0 aromatic heterocycles. The molecule has 3 aromatic carbocycles. The van der Waals surface area contributed by atoms with Gasteiger partial charge in [0.1, 0.15) is 42.2 Å². The molecule has 0 radical (unpaired) electrons. The topological polar surface area (TPSA) is 88.4 Å². The van der Waals surface area contributed by atoms with Crippen LogP contribution < -0.4 is 9.47 Å². The van der Waals surface area contributed by atoms with Crippen LogP contribution in [-0.4, -0.2) is 52.9 Å². The Morgan fingerprint density at radius 1 is 1.03 bits per heavy atom. The van der Waals surface area contributed by atoms with Gasteiger partial charge in [-0.2, -0.15) is 0 Å². The Morgan fingerprint density at radius 2 is 1.83 bits per heavy atom. The lowest BCUT2D eigenvalue weighted by atomic mass is 9.92. The summed E-state index contributed by atoms with van der Waals surface area (Å²) in [6.07, 6.45) is -2.04. The summed E-state index contributed by atoms with van der Waals surface area (Å²) in [5, 5.41) is 30.2. The number of rotatable bonds is 7. The van der Waals surface area contributed by atoms with E-state index >= 15 is 0 Å². The number of aliphatic hydroxyl groups excluding tert-OH is 3. The number of ether oxygens (including phenoxy) is 3. The molecule has 2 aliphatic rings. The van der Waals surface area contributed by atoms with Gasteiger partial charge in [-0.3, -0.25) is 0 Å². The first-order valence-electron chi connectivity index (χ1n) is 12.0. The van der Waals surface area contributed by atoms with Crippen molar-refractivity contribution in [3.05, 3.63) is 93.8 Å². The van der Waals surface area contributed by atoms with Crippen molar-refractivity contribution >= 4 is 11.6 Å². The van der Waals surface area contributed by atoms with Crippen LogP contribution in [0.3, 0.4) is 0 Å². The summed E-state index contributed by atoms with van der Waals surface area (Å²) in [6.45, 7) is -0.0117. The number of fused-ring (bicyclic) bond motifs is 1. The van der Waals surface area contributed by atoms with Gasteiger partial charge in [0.15, 0.2) is 0 Å². The van der Waals surface area contributed by atoms with Crippen molar-refractivity contribution in [2.45, 2.75) is 49.8 Å². The Hall–Kier alpha value is -2.68. The average molecular weight is 515 g/mol. The van der Waals surface area contributed by atoms with Gasteiger partial charge < -0.3 is 29.5 Å². The van der Waals surface area contributed by atoms with Crippen LogP contribution in [0.5, 0.6) is 11.5 Å². The summed E-state index contributed by atoms with van der Waals surface area (Å²) in [5.74, 6) is 0.977. The second kappa shape index (κ2) is 10.7. The lowest BCUT2D eigenvalue weighted by Gasteiger charge is -2.36. The Balaban J connectivity index is 1.20. The SMILES string of the molecule is OCC1OC(c2ccc(Cl)c(Cc3ccc(OCC4Cc5ccc(F)cc5O4)cc3)c2)CC(O)[C@@H]1O. The maximum absolute atomic E-state index is 13.4. The average Bonchev–Trinajstić information content (AvgIpc) is 3.28. The molecule has 6 nitrogen and oxygen atoms in total. The molecule has 3 N–H and O–H groups in total. The van der Waals surface area contributed by atoms with Gasteiger partial charge >= 0.3 is 0 Å². The number of hydrogen-bond acceptors (Lipinski definition) is 6. The molecule has 0 saturated carbocycles. The van der Waals surface area contributed by atoms with Crippen molar-refractivity contribution in [1.82, 2.24) is 0 Å². The molecule has 1 saturated heterocycles. The number of halogens is 2. The fraction of sp³-hybridized carbons (Fsp3) is 0.357. The predicted octanol–water partition coefficient (Wildman–Crippen LogP) is 4.00. The van der Waals surface area contributed by atoms with Crippen molar-refractivity contribution in [3.8, 4) is 11.5 Å². The van der Waals surface area contributed by atoms with Crippen molar-refractivity contribution < 1.29 is 33.9 Å². The van der Waals surface area contributed by atoms with E-state index in [0.717, 1.165) is 22.3 Å². The zero-order valence-electron chi connectivity index (χ0n) is 19.5. The Labute approximate surface area is 213 Å². The van der Waals surface area contributed by atoms with E-state index in [1.165, 1.54) is 12.1 Å². The molecule has 0 spiro atoms. The van der Waals surface area contributed by atoms with Gasteiger partial charge in [0.05, 0.1) is 18.8 Å². The van der Waals surface area contributed by atoms with E-state index in [0.29, 0.717) is 36.0 Å². The normalized spacial score (nSPS) is 25.3. The van der Waals surface area contributed by atoms with Crippen molar-refractivity contribution in [2.75, 3.05) is 13.2 Å². The third kappa shape index (κ3) is 5.51. The first kappa shape index (κ1) is 25.0. The van der Waals surface area contributed by atoms with Crippen LogP contribution in [0.4, 0.5) is 4.39 Å². The first-order chi connectivity index (χ1) is 17.4. The smallest absolute Gasteiger partial charge is 0.137 e. The molecular formula is C28H28ClFO6. The zero-order valence-corrected chi connectivity index (χ0v) is 20.3. The fourth-order valence-corrected chi connectivity index (χ4v) is 4.91. The monoisotopic (exact) mass is 514 g/mol. The molecule has 36 heavy (non-hydrogen) atoms. The summed E-state index contributed by atoms with van der Waals surface area (Å²) in [6, 6.07) is 17.9. The minimum Gasteiger partial charge on any atom is -0.490 e. The molecule has 1 fully saturated rings. The summed E-state index contributed by atoms with van der Waals surface area (Å²) < 4.78 is 30.9.